The minimum atomic E-state index is -4.28. The van der Waals surface area contributed by atoms with Gasteiger partial charge in [-0.1, -0.05) is 36.7 Å². The lowest BCUT2D eigenvalue weighted by molar-refractivity contribution is -0.145. The van der Waals surface area contributed by atoms with Crippen LogP contribution in [0.4, 0.5) is 5.95 Å². The van der Waals surface area contributed by atoms with E-state index in [1.165, 1.54) is 31.9 Å². The van der Waals surface area contributed by atoms with E-state index in [-0.39, 0.29) is 35.3 Å². The molecule has 1 aliphatic heterocycles. The number of nitrogens with two attached hydrogens (primary N) is 1. The van der Waals surface area contributed by atoms with E-state index in [2.05, 4.69) is 30.1 Å². The molecule has 4 N–H and O–H groups in total. The van der Waals surface area contributed by atoms with E-state index < -0.39 is 50.3 Å². The third-order valence-corrected chi connectivity index (χ3v) is 8.34. The summed E-state index contributed by atoms with van der Waals surface area (Å²) in [5.41, 5.74) is 14.0. The number of rotatable bonds is 14. The minimum absolute atomic E-state index is 0.109. The third kappa shape index (κ3) is 6.99. The molecule has 1 saturated heterocycles. The monoisotopic (exact) mass is 619 g/mol. The number of ether oxygens (including phenoxy) is 3. The number of carbonyl (C=O) groups excluding carboxylic acids is 1. The molecule has 1 aliphatic rings. The van der Waals surface area contributed by atoms with E-state index in [4.69, 9.17) is 29.0 Å². The second kappa shape index (κ2) is 13.5. The van der Waals surface area contributed by atoms with Gasteiger partial charge in [0.25, 0.3) is 0 Å². The Bertz CT molecular complexity index is 1520. The fourth-order valence-electron chi connectivity index (χ4n) is 4.42. The first-order valence-electron chi connectivity index (χ1n) is 13.4. The molecule has 6 atom stereocenters. The molecular formula is C25H34N9O8P. The Labute approximate surface area is 246 Å². The van der Waals surface area contributed by atoms with Crippen molar-refractivity contribution in [2.45, 2.75) is 63.6 Å². The van der Waals surface area contributed by atoms with E-state index in [0.717, 1.165) is 6.42 Å². The number of carbonyl (C=O) groups is 1. The predicted octanol–water partition coefficient (Wildman–Crippen LogP) is 3.27. The highest BCUT2D eigenvalue weighted by molar-refractivity contribution is 7.52. The quantitative estimate of drug-likeness (QED) is 0.0588. The number of anilines is 1. The number of nitrogens with zero attached hydrogens (tertiary/aromatic N) is 7. The molecular weight excluding hydrogens is 585 g/mol. The molecule has 0 amide bonds. The van der Waals surface area contributed by atoms with E-state index in [1.54, 1.807) is 30.3 Å². The summed E-state index contributed by atoms with van der Waals surface area (Å²) in [5.74, 6) is -0.448. The smallest absolute Gasteiger partial charge is 0.459 e. The summed E-state index contributed by atoms with van der Waals surface area (Å²) in [6.07, 6.45) is -0.966. The first-order valence-corrected chi connectivity index (χ1v) is 15.0. The number of nitrogens with one attached hydrogen (secondary N) is 1. The van der Waals surface area contributed by atoms with Crippen molar-refractivity contribution in [3.63, 3.8) is 0 Å². The largest absolute Gasteiger partial charge is 0.479 e. The molecule has 17 nitrogen and oxygen atoms in total. The number of hydrogen-bond donors (Lipinski definition) is 3. The van der Waals surface area contributed by atoms with Crippen LogP contribution < -0.4 is 20.1 Å². The first kappa shape index (κ1) is 31.9. The molecule has 1 fully saturated rings. The van der Waals surface area contributed by atoms with E-state index in [0.29, 0.717) is 6.42 Å². The fourth-order valence-corrected chi connectivity index (χ4v) is 5.92. The molecule has 2 aromatic heterocycles. The summed E-state index contributed by atoms with van der Waals surface area (Å²) in [7, 11) is -2.89. The van der Waals surface area contributed by atoms with Crippen molar-refractivity contribution in [1.82, 2.24) is 24.6 Å². The Morgan fingerprint density at radius 1 is 1.37 bits per heavy atom. The Morgan fingerprint density at radius 3 is 2.79 bits per heavy atom. The number of unbranched alkanes of at least 4 members (excludes halogenated alkanes) is 1. The molecule has 18 heteroatoms. The number of para-hydroxylation sites is 1. The fraction of sp³-hybridized carbons (Fsp3) is 0.520. The van der Waals surface area contributed by atoms with Crippen LogP contribution >= 0.6 is 7.75 Å². The van der Waals surface area contributed by atoms with Crippen molar-refractivity contribution in [2.24, 2.45) is 5.11 Å². The van der Waals surface area contributed by atoms with Gasteiger partial charge in [-0.3, -0.25) is 13.9 Å². The number of azide groups is 1. The van der Waals surface area contributed by atoms with Gasteiger partial charge in [0.2, 0.25) is 11.8 Å². The van der Waals surface area contributed by atoms with Crippen molar-refractivity contribution in [3.8, 4) is 11.6 Å². The number of esters is 1. The minimum Gasteiger partial charge on any atom is -0.479 e. The van der Waals surface area contributed by atoms with Crippen LogP contribution in [-0.4, -0.2) is 74.7 Å². The van der Waals surface area contributed by atoms with Crippen LogP contribution in [0.15, 0.2) is 41.8 Å². The molecule has 1 unspecified atom stereocenters. The number of hydrogen-bond acceptors (Lipinski definition) is 13. The van der Waals surface area contributed by atoms with Gasteiger partial charge in [-0.15, -0.1) is 0 Å². The van der Waals surface area contributed by atoms with Gasteiger partial charge in [-0.25, -0.2) is 9.55 Å². The summed E-state index contributed by atoms with van der Waals surface area (Å²) in [5, 5.41) is 17.7. The summed E-state index contributed by atoms with van der Waals surface area (Å²) in [6.45, 7) is 4.59. The molecule has 0 aliphatic carbocycles. The first-order chi connectivity index (χ1) is 20.5. The van der Waals surface area contributed by atoms with E-state index >= 15 is 0 Å². The molecule has 43 heavy (non-hydrogen) atoms. The zero-order valence-electron chi connectivity index (χ0n) is 24.1. The Hall–Kier alpha value is -3.98. The van der Waals surface area contributed by atoms with Gasteiger partial charge in [0.05, 0.1) is 32.8 Å². The Kier molecular flexibility index (Phi) is 10.1. The molecule has 0 saturated carbocycles. The van der Waals surface area contributed by atoms with Gasteiger partial charge in [-0.05, 0) is 37.9 Å². The maximum absolute atomic E-state index is 13.9. The summed E-state index contributed by atoms with van der Waals surface area (Å²) >= 11 is 0. The van der Waals surface area contributed by atoms with E-state index in [1.807, 2.05) is 6.92 Å². The van der Waals surface area contributed by atoms with Gasteiger partial charge in [0.1, 0.15) is 23.4 Å². The van der Waals surface area contributed by atoms with Crippen molar-refractivity contribution in [2.75, 3.05) is 26.1 Å². The predicted molar refractivity (Wildman–Crippen MR) is 153 cm³/mol. The van der Waals surface area contributed by atoms with Crippen LogP contribution in [0.5, 0.6) is 11.6 Å². The van der Waals surface area contributed by atoms with Gasteiger partial charge in [0.15, 0.2) is 17.4 Å². The molecule has 0 radical (unpaired) electrons. The van der Waals surface area contributed by atoms with Gasteiger partial charge < -0.3 is 29.6 Å². The molecule has 3 heterocycles. The standard InChI is InChI=1S/C25H34N9O8P/c1-5-6-12-39-22(36)15(2)31-43(37,42-16-10-8-7-9-11-16)40-13-17-19(35)25(3,32-33-27)23(41-17)34-14-28-18-20(34)29-24(26)30-21(18)38-4/h7-11,14-15,17,19,23,35H,5-6,12-13H2,1-4H3,(H,31,37)(H2,26,29,30)/t15-,17+,19+,23+,25+,43?/m0/s1. The maximum atomic E-state index is 13.9. The van der Waals surface area contributed by atoms with Crippen molar-refractivity contribution >= 4 is 30.8 Å². The van der Waals surface area contributed by atoms with Crippen LogP contribution in [0.1, 0.15) is 39.8 Å². The van der Waals surface area contributed by atoms with Crippen molar-refractivity contribution in [3.05, 3.63) is 47.1 Å². The second-order valence-electron chi connectivity index (χ2n) is 9.87. The van der Waals surface area contributed by atoms with Crippen LogP contribution in [-0.2, 0) is 23.4 Å². The average Bonchev–Trinajstić information content (AvgIpc) is 3.50. The number of benzene rings is 1. The van der Waals surface area contributed by atoms with Crippen molar-refractivity contribution < 1.29 is 37.7 Å². The lowest BCUT2D eigenvalue weighted by Gasteiger charge is -2.28. The van der Waals surface area contributed by atoms with Gasteiger partial charge in [-0.2, -0.15) is 15.1 Å². The lowest BCUT2D eigenvalue weighted by atomic mass is 9.93. The Balaban J connectivity index is 1.60. The van der Waals surface area contributed by atoms with E-state index in [9.17, 15) is 20.0 Å². The highest BCUT2D eigenvalue weighted by Crippen LogP contribution is 2.48. The second-order valence-corrected chi connectivity index (χ2v) is 11.6. The zero-order chi connectivity index (χ0) is 31.2. The van der Waals surface area contributed by atoms with Crippen molar-refractivity contribution in [1.29, 1.82) is 0 Å². The number of aliphatic hydroxyl groups excluding tert-OH is 1. The number of aromatic nitrogens is 4. The molecule has 1 aromatic carbocycles. The number of imidazole rings is 1. The van der Waals surface area contributed by atoms with Crippen LogP contribution in [0, 0.1) is 0 Å². The summed E-state index contributed by atoms with van der Waals surface area (Å²) in [4.78, 5) is 27.9. The SMILES string of the molecule is CCCCOC(=O)[C@H](C)NP(=O)(OC[C@H]1O[C@@H](n2cnc3c(OC)nc(N)nc32)[C@](C)(N=[N+]=[N-])[C@@H]1O)Oc1ccccc1. The molecule has 4 rings (SSSR count). The molecule has 3 aromatic rings. The van der Waals surface area contributed by atoms with Crippen LogP contribution in [0.25, 0.3) is 21.6 Å². The number of aliphatic hydroxyl groups is 1. The highest BCUT2D eigenvalue weighted by atomic mass is 31.2. The molecule has 0 spiro atoms. The molecule has 232 valence electrons. The van der Waals surface area contributed by atoms with Crippen LogP contribution in [0.2, 0.25) is 0 Å². The normalized spacial score (nSPS) is 23.7. The van der Waals surface area contributed by atoms with Gasteiger partial charge in [0, 0.05) is 4.91 Å². The summed E-state index contributed by atoms with van der Waals surface area (Å²) in [6, 6.07) is 7.13. The number of nitrogen functional groups attached to an aromatic ring is 1. The third-order valence-electron chi connectivity index (χ3n) is 6.69. The zero-order valence-corrected chi connectivity index (χ0v) is 25.0. The average molecular weight is 620 g/mol. The topological polar surface area (TPSA) is 231 Å². The summed E-state index contributed by atoms with van der Waals surface area (Å²) < 4.78 is 43.3. The Morgan fingerprint density at radius 2 is 2.12 bits per heavy atom. The highest BCUT2D eigenvalue weighted by Gasteiger charge is 2.55. The molecule has 0 bridgehead atoms. The maximum Gasteiger partial charge on any atom is 0.459 e. The number of methoxy groups -OCH3 is 1. The number of fused-ring (bicyclic) bond motifs is 1. The van der Waals surface area contributed by atoms with Crippen LogP contribution in [0.3, 0.4) is 0 Å². The lowest BCUT2D eigenvalue weighted by Crippen LogP contribution is -2.43. The van der Waals surface area contributed by atoms with Gasteiger partial charge >= 0.3 is 13.7 Å².